The number of methoxy groups -OCH3 is 1. The Morgan fingerprint density at radius 2 is 2.15 bits per heavy atom. The molecule has 27 heavy (non-hydrogen) atoms. The van der Waals surface area contributed by atoms with Crippen molar-refractivity contribution in [2.75, 3.05) is 30.9 Å². The summed E-state index contributed by atoms with van der Waals surface area (Å²) in [6.07, 6.45) is 0. The number of nitro groups is 1. The second-order valence-electron chi connectivity index (χ2n) is 5.49. The zero-order valence-corrected chi connectivity index (χ0v) is 15.8. The summed E-state index contributed by atoms with van der Waals surface area (Å²) >= 11 is 7.24. The van der Waals surface area contributed by atoms with E-state index in [2.05, 4.69) is 15.6 Å². The van der Waals surface area contributed by atoms with Gasteiger partial charge in [0.1, 0.15) is 0 Å². The van der Waals surface area contributed by atoms with Crippen LogP contribution in [-0.2, 0) is 4.74 Å². The van der Waals surface area contributed by atoms with Gasteiger partial charge < -0.3 is 10.1 Å². The SMILES string of the molecule is COCCNc1ccc([N+](=O)[O-])cc1C(=O)Nc1nc2ccc(Cl)cc2s1. The van der Waals surface area contributed by atoms with Crippen LogP contribution in [0.2, 0.25) is 5.02 Å². The minimum absolute atomic E-state index is 0.151. The van der Waals surface area contributed by atoms with E-state index >= 15 is 0 Å². The molecule has 2 aromatic carbocycles. The van der Waals surface area contributed by atoms with E-state index in [1.54, 1.807) is 25.3 Å². The maximum absolute atomic E-state index is 12.7. The Kier molecular flexibility index (Phi) is 5.84. The number of nitrogens with zero attached hydrogens (tertiary/aromatic N) is 2. The number of amides is 1. The highest BCUT2D eigenvalue weighted by Gasteiger charge is 2.18. The van der Waals surface area contributed by atoms with Crippen molar-refractivity contribution in [1.82, 2.24) is 4.98 Å². The van der Waals surface area contributed by atoms with Crippen molar-refractivity contribution in [1.29, 1.82) is 0 Å². The van der Waals surface area contributed by atoms with Gasteiger partial charge in [0.25, 0.3) is 11.6 Å². The number of carbonyl (C=O) groups excluding carboxylic acids is 1. The Hall–Kier alpha value is -2.75. The van der Waals surface area contributed by atoms with Crippen molar-refractivity contribution >= 4 is 55.6 Å². The monoisotopic (exact) mass is 406 g/mol. The van der Waals surface area contributed by atoms with Gasteiger partial charge in [-0.2, -0.15) is 0 Å². The van der Waals surface area contributed by atoms with Crippen LogP contribution in [0.15, 0.2) is 36.4 Å². The fourth-order valence-electron chi connectivity index (χ4n) is 2.39. The minimum Gasteiger partial charge on any atom is -0.383 e. The molecule has 0 aliphatic carbocycles. The molecule has 0 fully saturated rings. The Bertz CT molecular complexity index is 1010. The van der Waals surface area contributed by atoms with Crippen LogP contribution in [0.4, 0.5) is 16.5 Å². The Balaban J connectivity index is 1.88. The second-order valence-corrected chi connectivity index (χ2v) is 6.96. The predicted octanol–water partition coefficient (Wildman–Crippen LogP) is 4.17. The first-order chi connectivity index (χ1) is 13.0. The standard InChI is InChI=1S/C17H15ClN4O4S/c1-26-7-6-19-13-5-3-11(22(24)25)9-12(13)16(23)21-17-20-14-4-2-10(18)8-15(14)27-17/h2-5,8-9,19H,6-7H2,1H3,(H,20,21,23). The highest BCUT2D eigenvalue weighted by atomic mass is 35.5. The third-order valence-electron chi connectivity index (χ3n) is 3.65. The number of nitro benzene ring substituents is 1. The molecule has 140 valence electrons. The molecule has 10 heteroatoms. The van der Waals surface area contributed by atoms with Gasteiger partial charge in [0, 0.05) is 36.5 Å². The van der Waals surface area contributed by atoms with E-state index in [4.69, 9.17) is 16.3 Å². The van der Waals surface area contributed by atoms with Crippen molar-refractivity contribution in [2.45, 2.75) is 0 Å². The van der Waals surface area contributed by atoms with Gasteiger partial charge >= 0.3 is 0 Å². The van der Waals surface area contributed by atoms with Crippen LogP contribution in [0.5, 0.6) is 0 Å². The maximum atomic E-state index is 12.7. The maximum Gasteiger partial charge on any atom is 0.270 e. The molecule has 0 bridgehead atoms. The number of carbonyl (C=O) groups is 1. The zero-order valence-electron chi connectivity index (χ0n) is 14.2. The molecule has 0 saturated heterocycles. The van der Waals surface area contributed by atoms with Crippen molar-refractivity contribution in [3.05, 3.63) is 57.1 Å². The molecule has 8 nitrogen and oxygen atoms in total. The highest BCUT2D eigenvalue weighted by molar-refractivity contribution is 7.22. The van der Waals surface area contributed by atoms with Crippen LogP contribution in [0.1, 0.15) is 10.4 Å². The first-order valence-corrected chi connectivity index (χ1v) is 9.06. The third-order valence-corrected chi connectivity index (χ3v) is 4.82. The van der Waals surface area contributed by atoms with Crippen LogP contribution in [0.3, 0.4) is 0 Å². The van der Waals surface area contributed by atoms with E-state index in [-0.39, 0.29) is 11.3 Å². The smallest absolute Gasteiger partial charge is 0.270 e. The van der Waals surface area contributed by atoms with Gasteiger partial charge in [-0.3, -0.25) is 20.2 Å². The van der Waals surface area contributed by atoms with Gasteiger partial charge in [-0.05, 0) is 24.3 Å². The largest absolute Gasteiger partial charge is 0.383 e. The average molecular weight is 407 g/mol. The molecule has 3 aromatic rings. The number of anilines is 2. The number of ether oxygens (including phenoxy) is 1. The quantitative estimate of drug-likeness (QED) is 0.346. The highest BCUT2D eigenvalue weighted by Crippen LogP contribution is 2.29. The molecule has 0 unspecified atom stereocenters. The van der Waals surface area contributed by atoms with Crippen LogP contribution < -0.4 is 10.6 Å². The number of fused-ring (bicyclic) bond motifs is 1. The lowest BCUT2D eigenvalue weighted by molar-refractivity contribution is -0.384. The summed E-state index contributed by atoms with van der Waals surface area (Å²) in [5.74, 6) is -0.497. The van der Waals surface area contributed by atoms with Crippen LogP contribution in [-0.4, -0.2) is 36.1 Å². The number of rotatable bonds is 7. The van der Waals surface area contributed by atoms with Gasteiger partial charge in [0.2, 0.25) is 0 Å². The molecule has 0 saturated carbocycles. The number of thiazole rings is 1. The van der Waals surface area contributed by atoms with Gasteiger partial charge in [-0.1, -0.05) is 22.9 Å². The van der Waals surface area contributed by atoms with E-state index in [0.29, 0.717) is 34.5 Å². The number of non-ortho nitro benzene ring substituents is 1. The molecular weight excluding hydrogens is 392 g/mol. The first kappa shape index (κ1) is 19.0. The summed E-state index contributed by atoms with van der Waals surface area (Å²) in [6, 6.07) is 9.30. The molecule has 0 spiro atoms. The Morgan fingerprint density at radius 3 is 2.89 bits per heavy atom. The summed E-state index contributed by atoms with van der Waals surface area (Å²) in [4.78, 5) is 27.6. The fraction of sp³-hybridized carbons (Fsp3) is 0.176. The summed E-state index contributed by atoms with van der Waals surface area (Å²) in [7, 11) is 1.56. The molecule has 0 aliphatic heterocycles. The van der Waals surface area contributed by atoms with E-state index < -0.39 is 10.8 Å². The minimum atomic E-state index is -0.546. The van der Waals surface area contributed by atoms with Crippen molar-refractivity contribution < 1.29 is 14.5 Å². The summed E-state index contributed by atoms with van der Waals surface area (Å²) in [5.41, 5.74) is 1.16. The Labute approximate surface area is 163 Å². The van der Waals surface area contributed by atoms with Gasteiger partial charge in [0.05, 0.1) is 27.3 Å². The molecule has 1 aromatic heterocycles. The Morgan fingerprint density at radius 1 is 1.33 bits per heavy atom. The number of benzene rings is 2. The van der Waals surface area contributed by atoms with Gasteiger partial charge in [0.15, 0.2) is 5.13 Å². The molecular formula is C17H15ClN4O4S. The van der Waals surface area contributed by atoms with Crippen molar-refractivity contribution in [3.63, 3.8) is 0 Å². The van der Waals surface area contributed by atoms with Crippen LogP contribution >= 0.6 is 22.9 Å². The fourth-order valence-corrected chi connectivity index (χ4v) is 3.53. The normalized spacial score (nSPS) is 10.7. The molecule has 1 amide bonds. The summed E-state index contributed by atoms with van der Waals surface area (Å²) in [5, 5.41) is 17.8. The molecule has 0 atom stereocenters. The number of hydrogen-bond acceptors (Lipinski definition) is 7. The van der Waals surface area contributed by atoms with E-state index in [1.807, 2.05) is 0 Å². The zero-order chi connectivity index (χ0) is 19.4. The lowest BCUT2D eigenvalue weighted by Gasteiger charge is -2.11. The number of aromatic nitrogens is 1. The third kappa shape index (κ3) is 4.51. The van der Waals surface area contributed by atoms with Gasteiger partial charge in [-0.15, -0.1) is 0 Å². The van der Waals surface area contributed by atoms with Gasteiger partial charge in [-0.25, -0.2) is 4.98 Å². The topological polar surface area (TPSA) is 106 Å². The molecule has 0 radical (unpaired) electrons. The van der Waals surface area contributed by atoms with Crippen LogP contribution in [0, 0.1) is 10.1 Å². The summed E-state index contributed by atoms with van der Waals surface area (Å²) in [6.45, 7) is 0.880. The lowest BCUT2D eigenvalue weighted by atomic mass is 10.1. The molecule has 0 aliphatic rings. The van der Waals surface area contributed by atoms with E-state index in [1.165, 1.54) is 29.5 Å². The summed E-state index contributed by atoms with van der Waals surface area (Å²) < 4.78 is 5.80. The van der Waals surface area contributed by atoms with E-state index in [9.17, 15) is 14.9 Å². The first-order valence-electron chi connectivity index (χ1n) is 7.86. The average Bonchev–Trinajstić information content (AvgIpc) is 3.03. The number of halogens is 1. The molecule has 2 N–H and O–H groups in total. The molecule has 3 rings (SSSR count). The number of nitrogens with one attached hydrogen (secondary N) is 2. The molecule has 1 heterocycles. The lowest BCUT2D eigenvalue weighted by Crippen LogP contribution is -2.16. The second kappa shape index (κ2) is 8.30. The number of hydrogen-bond donors (Lipinski definition) is 2. The van der Waals surface area contributed by atoms with E-state index in [0.717, 1.165) is 4.70 Å². The van der Waals surface area contributed by atoms with Crippen LogP contribution in [0.25, 0.3) is 10.2 Å². The predicted molar refractivity (Wildman–Crippen MR) is 106 cm³/mol. The van der Waals surface area contributed by atoms with Crippen molar-refractivity contribution in [3.8, 4) is 0 Å². The van der Waals surface area contributed by atoms with Crippen molar-refractivity contribution in [2.24, 2.45) is 0 Å².